The summed E-state index contributed by atoms with van der Waals surface area (Å²) < 4.78 is 0.974. The van der Waals surface area contributed by atoms with Gasteiger partial charge in [-0.15, -0.1) is 0 Å². The van der Waals surface area contributed by atoms with Crippen LogP contribution in [0.4, 0.5) is 11.5 Å². The van der Waals surface area contributed by atoms with Crippen LogP contribution in [0.3, 0.4) is 0 Å². The van der Waals surface area contributed by atoms with Gasteiger partial charge in [0.25, 0.3) is 0 Å². The number of hydrogen-bond acceptors (Lipinski definition) is 4. The Morgan fingerprint density at radius 1 is 1.14 bits per heavy atom. The highest BCUT2D eigenvalue weighted by Gasteiger charge is 2.07. The summed E-state index contributed by atoms with van der Waals surface area (Å²) >= 11 is 3.43. The lowest BCUT2D eigenvalue weighted by molar-refractivity contribution is 0.100. The molecule has 3 aromatic rings. The minimum Gasteiger partial charge on any atom is -0.366 e. The quantitative estimate of drug-likeness (QED) is 0.765. The van der Waals surface area contributed by atoms with Gasteiger partial charge < -0.3 is 11.1 Å². The van der Waals surface area contributed by atoms with Gasteiger partial charge in [-0.1, -0.05) is 22.0 Å². The Balaban J connectivity index is 2.05. The van der Waals surface area contributed by atoms with E-state index in [0.29, 0.717) is 16.9 Å². The highest BCUT2D eigenvalue weighted by atomic mass is 79.9. The van der Waals surface area contributed by atoms with Crippen molar-refractivity contribution in [1.82, 2.24) is 9.97 Å². The van der Waals surface area contributed by atoms with Gasteiger partial charge >= 0.3 is 0 Å². The van der Waals surface area contributed by atoms with Crippen LogP contribution in [0, 0.1) is 0 Å². The minimum absolute atomic E-state index is 0.426. The highest BCUT2D eigenvalue weighted by Crippen LogP contribution is 2.25. The third-order valence-corrected chi connectivity index (χ3v) is 3.50. The maximum absolute atomic E-state index is 11.2. The molecule has 3 N–H and O–H groups in total. The van der Waals surface area contributed by atoms with E-state index < -0.39 is 5.91 Å². The van der Waals surface area contributed by atoms with Crippen molar-refractivity contribution in [3.8, 4) is 0 Å². The normalized spacial score (nSPS) is 10.5. The largest absolute Gasteiger partial charge is 0.366 e. The first kappa shape index (κ1) is 13.5. The number of carbonyl (C=O) groups is 1. The minimum atomic E-state index is -0.475. The van der Waals surface area contributed by atoms with Gasteiger partial charge in [0.2, 0.25) is 5.91 Å². The van der Waals surface area contributed by atoms with Gasteiger partial charge in [0.05, 0.1) is 5.52 Å². The average molecular weight is 343 g/mol. The summed E-state index contributed by atoms with van der Waals surface area (Å²) in [5, 5.41) is 4.06. The van der Waals surface area contributed by atoms with Gasteiger partial charge in [0.1, 0.15) is 12.1 Å². The number of hydrogen-bond donors (Lipinski definition) is 2. The number of carbonyl (C=O) groups excluding carboxylic acids is 1. The molecule has 2 aromatic carbocycles. The van der Waals surface area contributed by atoms with Gasteiger partial charge in [-0.25, -0.2) is 9.97 Å². The van der Waals surface area contributed by atoms with E-state index in [1.807, 2.05) is 24.3 Å². The number of nitrogens with one attached hydrogen (secondary N) is 1. The van der Waals surface area contributed by atoms with Gasteiger partial charge in [-0.05, 0) is 36.4 Å². The van der Waals surface area contributed by atoms with E-state index in [2.05, 4.69) is 31.2 Å². The Kier molecular flexibility index (Phi) is 3.53. The molecule has 1 heterocycles. The second kappa shape index (κ2) is 5.49. The van der Waals surface area contributed by atoms with Crippen molar-refractivity contribution in [2.75, 3.05) is 5.32 Å². The van der Waals surface area contributed by atoms with Crippen LogP contribution in [0.2, 0.25) is 0 Å². The molecule has 0 aliphatic heterocycles. The molecule has 1 aromatic heterocycles. The first-order valence-corrected chi connectivity index (χ1v) is 7.00. The molecule has 0 bridgehead atoms. The van der Waals surface area contributed by atoms with Crippen LogP contribution in [-0.4, -0.2) is 15.9 Å². The second-order valence-corrected chi connectivity index (χ2v) is 5.37. The molecule has 21 heavy (non-hydrogen) atoms. The lowest BCUT2D eigenvalue weighted by Crippen LogP contribution is -2.10. The van der Waals surface area contributed by atoms with E-state index in [9.17, 15) is 4.79 Å². The molecule has 5 nitrogen and oxygen atoms in total. The van der Waals surface area contributed by atoms with Crippen LogP contribution in [0.5, 0.6) is 0 Å². The molecule has 0 aliphatic carbocycles. The van der Waals surface area contributed by atoms with Crippen molar-refractivity contribution in [3.05, 3.63) is 58.8 Å². The topological polar surface area (TPSA) is 80.9 Å². The van der Waals surface area contributed by atoms with Crippen LogP contribution in [0.25, 0.3) is 10.9 Å². The number of halogens is 1. The molecular formula is C15H11BrN4O. The fourth-order valence-corrected chi connectivity index (χ4v) is 2.41. The second-order valence-electron chi connectivity index (χ2n) is 4.45. The van der Waals surface area contributed by atoms with Crippen molar-refractivity contribution in [1.29, 1.82) is 0 Å². The molecule has 0 spiro atoms. The number of primary amides is 1. The van der Waals surface area contributed by atoms with E-state index in [4.69, 9.17) is 5.73 Å². The summed E-state index contributed by atoms with van der Waals surface area (Å²) in [4.78, 5) is 19.6. The van der Waals surface area contributed by atoms with Gasteiger partial charge in [-0.2, -0.15) is 0 Å². The van der Waals surface area contributed by atoms with E-state index in [-0.39, 0.29) is 0 Å². The number of benzene rings is 2. The maximum Gasteiger partial charge on any atom is 0.248 e. The van der Waals surface area contributed by atoms with Crippen molar-refractivity contribution in [3.63, 3.8) is 0 Å². The number of nitrogens with two attached hydrogens (primary N) is 1. The predicted octanol–water partition coefficient (Wildman–Crippen LogP) is 3.23. The van der Waals surface area contributed by atoms with E-state index >= 15 is 0 Å². The Morgan fingerprint density at radius 2 is 2.00 bits per heavy atom. The fraction of sp³-hybridized carbons (Fsp3) is 0. The molecular weight excluding hydrogens is 332 g/mol. The smallest absolute Gasteiger partial charge is 0.248 e. The summed E-state index contributed by atoms with van der Waals surface area (Å²) in [7, 11) is 0. The van der Waals surface area contributed by atoms with E-state index in [1.54, 1.807) is 18.2 Å². The summed E-state index contributed by atoms with van der Waals surface area (Å²) in [6.07, 6.45) is 1.45. The number of aromatic nitrogens is 2. The zero-order valence-corrected chi connectivity index (χ0v) is 12.5. The standard InChI is InChI=1S/C15H11BrN4O/c16-10-2-1-3-11(7-10)20-15-12-5-4-9(14(17)21)6-13(12)18-8-19-15/h1-8H,(H2,17,21)(H,18,19,20). The molecule has 0 unspecified atom stereocenters. The third-order valence-electron chi connectivity index (χ3n) is 3.01. The zero-order chi connectivity index (χ0) is 14.8. The maximum atomic E-state index is 11.2. The number of fused-ring (bicyclic) bond motifs is 1. The molecule has 0 saturated heterocycles. The number of rotatable bonds is 3. The summed E-state index contributed by atoms with van der Waals surface area (Å²) in [6.45, 7) is 0. The lowest BCUT2D eigenvalue weighted by Gasteiger charge is -2.09. The Hall–Kier alpha value is -2.47. The van der Waals surface area contributed by atoms with E-state index in [0.717, 1.165) is 15.5 Å². The van der Waals surface area contributed by atoms with Crippen molar-refractivity contribution >= 4 is 44.2 Å². The first-order valence-electron chi connectivity index (χ1n) is 6.20. The number of amides is 1. The Labute approximate surface area is 129 Å². The third kappa shape index (κ3) is 2.85. The molecule has 1 amide bonds. The van der Waals surface area contributed by atoms with Crippen LogP contribution < -0.4 is 11.1 Å². The average Bonchev–Trinajstić information content (AvgIpc) is 2.47. The monoisotopic (exact) mass is 342 g/mol. The lowest BCUT2D eigenvalue weighted by atomic mass is 10.1. The molecule has 104 valence electrons. The fourth-order valence-electron chi connectivity index (χ4n) is 2.01. The molecule has 0 aliphatic rings. The molecule has 0 fully saturated rings. The molecule has 0 atom stereocenters. The first-order chi connectivity index (χ1) is 10.1. The number of nitrogens with zero attached hydrogens (tertiary/aromatic N) is 2. The van der Waals surface area contributed by atoms with Crippen LogP contribution in [0.15, 0.2) is 53.3 Å². The van der Waals surface area contributed by atoms with Gasteiger partial charge in [0.15, 0.2) is 0 Å². The molecule has 0 saturated carbocycles. The Morgan fingerprint density at radius 3 is 2.76 bits per heavy atom. The molecule has 3 rings (SSSR count). The van der Waals surface area contributed by atoms with Crippen LogP contribution in [-0.2, 0) is 0 Å². The highest BCUT2D eigenvalue weighted by molar-refractivity contribution is 9.10. The number of anilines is 2. The molecule has 0 radical (unpaired) electrons. The zero-order valence-electron chi connectivity index (χ0n) is 10.9. The van der Waals surface area contributed by atoms with Gasteiger partial charge in [-0.3, -0.25) is 4.79 Å². The predicted molar refractivity (Wildman–Crippen MR) is 85.5 cm³/mol. The van der Waals surface area contributed by atoms with Crippen LogP contribution in [0.1, 0.15) is 10.4 Å². The van der Waals surface area contributed by atoms with Crippen molar-refractivity contribution in [2.24, 2.45) is 5.73 Å². The summed E-state index contributed by atoms with van der Waals surface area (Å²) in [5.41, 5.74) is 7.28. The Bertz CT molecular complexity index is 835. The summed E-state index contributed by atoms with van der Waals surface area (Å²) in [5.74, 6) is 0.200. The van der Waals surface area contributed by atoms with Crippen molar-refractivity contribution in [2.45, 2.75) is 0 Å². The SMILES string of the molecule is NC(=O)c1ccc2c(Nc3cccc(Br)c3)ncnc2c1. The van der Waals surface area contributed by atoms with Gasteiger partial charge in [0, 0.05) is 21.1 Å². The van der Waals surface area contributed by atoms with E-state index in [1.165, 1.54) is 6.33 Å². The summed E-state index contributed by atoms with van der Waals surface area (Å²) in [6, 6.07) is 12.9. The van der Waals surface area contributed by atoms with Crippen LogP contribution >= 0.6 is 15.9 Å². The molecule has 6 heteroatoms. The van der Waals surface area contributed by atoms with Crippen molar-refractivity contribution < 1.29 is 4.79 Å².